The molecule has 1 aromatic carbocycles. The lowest BCUT2D eigenvalue weighted by molar-refractivity contribution is 1.11. The van der Waals surface area contributed by atoms with Crippen LogP contribution in [0, 0.1) is 20.8 Å². The molecule has 0 aliphatic heterocycles. The van der Waals surface area contributed by atoms with Crippen molar-refractivity contribution in [1.29, 1.82) is 0 Å². The van der Waals surface area contributed by atoms with Crippen molar-refractivity contribution in [3.8, 4) is 11.3 Å². The number of benzene rings is 1. The zero-order chi connectivity index (χ0) is 15.5. The van der Waals surface area contributed by atoms with Crippen molar-refractivity contribution in [3.05, 3.63) is 65.6 Å². The van der Waals surface area contributed by atoms with Crippen molar-refractivity contribution in [3.63, 3.8) is 0 Å². The van der Waals surface area contributed by atoms with Gasteiger partial charge >= 0.3 is 0 Å². The molecule has 110 valence electrons. The smallest absolute Gasteiger partial charge is 0.227 e. The maximum atomic E-state index is 4.60. The number of aromatic nitrogens is 3. The van der Waals surface area contributed by atoms with E-state index in [9.17, 15) is 0 Å². The molecule has 0 atom stereocenters. The fourth-order valence-electron chi connectivity index (χ4n) is 2.46. The van der Waals surface area contributed by atoms with Crippen LogP contribution >= 0.6 is 0 Å². The SMILES string of the molecule is Cc1cc(C)cc(Nc2nc(C)cc(-c3cccnc3)n2)c1. The summed E-state index contributed by atoms with van der Waals surface area (Å²) in [6.07, 6.45) is 3.56. The Bertz CT molecular complexity index is 777. The molecule has 0 fully saturated rings. The van der Waals surface area contributed by atoms with E-state index in [1.807, 2.05) is 31.3 Å². The van der Waals surface area contributed by atoms with Gasteiger partial charge < -0.3 is 5.32 Å². The summed E-state index contributed by atoms with van der Waals surface area (Å²) in [5.74, 6) is 0.601. The molecule has 4 heteroatoms. The summed E-state index contributed by atoms with van der Waals surface area (Å²) in [6, 6.07) is 12.2. The predicted molar refractivity (Wildman–Crippen MR) is 89.2 cm³/mol. The number of nitrogens with zero attached hydrogens (tertiary/aromatic N) is 3. The zero-order valence-corrected chi connectivity index (χ0v) is 13.0. The van der Waals surface area contributed by atoms with Gasteiger partial charge in [0.25, 0.3) is 0 Å². The maximum absolute atomic E-state index is 4.60. The predicted octanol–water partition coefficient (Wildman–Crippen LogP) is 4.21. The number of hydrogen-bond donors (Lipinski definition) is 1. The lowest BCUT2D eigenvalue weighted by atomic mass is 10.1. The third-order valence-electron chi connectivity index (χ3n) is 3.29. The summed E-state index contributed by atoms with van der Waals surface area (Å²) in [7, 11) is 0. The Morgan fingerprint density at radius 2 is 1.68 bits per heavy atom. The van der Waals surface area contributed by atoms with E-state index in [0.29, 0.717) is 5.95 Å². The molecule has 1 N–H and O–H groups in total. The Labute approximate surface area is 130 Å². The lowest BCUT2D eigenvalue weighted by Crippen LogP contribution is -2.00. The van der Waals surface area contributed by atoms with Crippen LogP contribution in [-0.4, -0.2) is 15.0 Å². The first kappa shape index (κ1) is 14.2. The van der Waals surface area contributed by atoms with Crippen molar-refractivity contribution >= 4 is 11.6 Å². The highest BCUT2D eigenvalue weighted by Crippen LogP contribution is 2.21. The minimum absolute atomic E-state index is 0.601. The van der Waals surface area contributed by atoms with E-state index in [0.717, 1.165) is 22.6 Å². The van der Waals surface area contributed by atoms with Crippen LogP contribution in [-0.2, 0) is 0 Å². The van der Waals surface area contributed by atoms with Crippen LogP contribution in [0.15, 0.2) is 48.8 Å². The van der Waals surface area contributed by atoms with Crippen molar-refractivity contribution in [2.24, 2.45) is 0 Å². The van der Waals surface area contributed by atoms with Crippen LogP contribution in [0.4, 0.5) is 11.6 Å². The highest BCUT2D eigenvalue weighted by molar-refractivity contribution is 5.62. The van der Waals surface area contributed by atoms with Gasteiger partial charge in [-0.2, -0.15) is 0 Å². The van der Waals surface area contributed by atoms with Crippen LogP contribution in [0.3, 0.4) is 0 Å². The number of anilines is 2. The second kappa shape index (κ2) is 5.93. The minimum atomic E-state index is 0.601. The molecule has 0 amide bonds. The van der Waals surface area contributed by atoms with Crippen molar-refractivity contribution in [1.82, 2.24) is 15.0 Å². The van der Waals surface area contributed by atoms with Gasteiger partial charge in [0.15, 0.2) is 0 Å². The Balaban J connectivity index is 1.96. The van der Waals surface area contributed by atoms with Gasteiger partial charge in [-0.25, -0.2) is 9.97 Å². The largest absolute Gasteiger partial charge is 0.324 e. The fourth-order valence-corrected chi connectivity index (χ4v) is 2.46. The molecule has 3 rings (SSSR count). The molecule has 0 spiro atoms. The molecule has 0 unspecified atom stereocenters. The van der Waals surface area contributed by atoms with E-state index in [1.54, 1.807) is 6.20 Å². The molecule has 0 aliphatic rings. The molecule has 0 radical (unpaired) electrons. The normalized spacial score (nSPS) is 10.5. The van der Waals surface area contributed by atoms with Gasteiger partial charge in [-0.15, -0.1) is 0 Å². The first-order valence-corrected chi connectivity index (χ1v) is 7.21. The summed E-state index contributed by atoms with van der Waals surface area (Å²) in [6.45, 7) is 6.13. The number of aryl methyl sites for hydroxylation is 3. The topological polar surface area (TPSA) is 50.7 Å². The lowest BCUT2D eigenvalue weighted by Gasteiger charge is -2.09. The first-order valence-electron chi connectivity index (χ1n) is 7.21. The van der Waals surface area contributed by atoms with Gasteiger partial charge in [-0.1, -0.05) is 6.07 Å². The van der Waals surface area contributed by atoms with Gasteiger partial charge in [0, 0.05) is 29.3 Å². The van der Waals surface area contributed by atoms with Crippen LogP contribution in [0.25, 0.3) is 11.3 Å². The van der Waals surface area contributed by atoms with Crippen molar-refractivity contribution in [2.45, 2.75) is 20.8 Å². The second-order valence-corrected chi connectivity index (χ2v) is 5.46. The van der Waals surface area contributed by atoms with E-state index < -0.39 is 0 Å². The number of nitrogens with one attached hydrogen (secondary N) is 1. The minimum Gasteiger partial charge on any atom is -0.324 e. The molecule has 0 saturated heterocycles. The summed E-state index contributed by atoms with van der Waals surface area (Å²) < 4.78 is 0. The highest BCUT2D eigenvalue weighted by Gasteiger charge is 2.06. The zero-order valence-electron chi connectivity index (χ0n) is 13.0. The van der Waals surface area contributed by atoms with E-state index in [-0.39, 0.29) is 0 Å². The molecule has 22 heavy (non-hydrogen) atoms. The quantitative estimate of drug-likeness (QED) is 0.785. The molecule has 3 aromatic rings. The third-order valence-corrected chi connectivity index (χ3v) is 3.29. The average molecular weight is 290 g/mol. The standard InChI is InChI=1S/C18H18N4/c1-12-7-13(2)9-16(8-12)21-18-20-14(3)10-17(22-18)15-5-4-6-19-11-15/h4-11H,1-3H3,(H,20,21,22). The van der Waals surface area contributed by atoms with Gasteiger partial charge in [0.05, 0.1) is 5.69 Å². The Morgan fingerprint density at radius 1 is 0.909 bits per heavy atom. The average Bonchev–Trinajstić information content (AvgIpc) is 2.46. The van der Waals surface area contributed by atoms with E-state index in [2.05, 4.69) is 52.3 Å². The number of rotatable bonds is 3. The third kappa shape index (κ3) is 3.28. The Hall–Kier alpha value is -2.75. The number of hydrogen-bond acceptors (Lipinski definition) is 4. The fraction of sp³-hybridized carbons (Fsp3) is 0.167. The molecule has 4 nitrogen and oxygen atoms in total. The molecular formula is C18H18N4. The molecular weight excluding hydrogens is 272 g/mol. The monoisotopic (exact) mass is 290 g/mol. The summed E-state index contributed by atoms with van der Waals surface area (Å²) in [4.78, 5) is 13.2. The van der Waals surface area contributed by atoms with Crippen molar-refractivity contribution in [2.75, 3.05) is 5.32 Å². The Morgan fingerprint density at radius 3 is 2.36 bits per heavy atom. The number of pyridine rings is 1. The molecule has 0 bridgehead atoms. The molecule has 2 heterocycles. The van der Waals surface area contributed by atoms with Crippen LogP contribution in [0.2, 0.25) is 0 Å². The second-order valence-electron chi connectivity index (χ2n) is 5.46. The van der Waals surface area contributed by atoms with Crippen LogP contribution < -0.4 is 5.32 Å². The maximum Gasteiger partial charge on any atom is 0.227 e. The van der Waals surface area contributed by atoms with Crippen molar-refractivity contribution < 1.29 is 0 Å². The van der Waals surface area contributed by atoms with E-state index in [1.165, 1.54) is 11.1 Å². The van der Waals surface area contributed by atoms with Gasteiger partial charge in [-0.3, -0.25) is 4.98 Å². The highest BCUT2D eigenvalue weighted by atomic mass is 15.1. The molecule has 2 aromatic heterocycles. The van der Waals surface area contributed by atoms with E-state index in [4.69, 9.17) is 0 Å². The Kier molecular flexibility index (Phi) is 3.83. The molecule has 0 saturated carbocycles. The van der Waals surface area contributed by atoms with Gasteiger partial charge in [-0.05, 0) is 62.2 Å². The first-order chi connectivity index (χ1) is 10.6. The summed E-state index contributed by atoms with van der Waals surface area (Å²) in [5, 5.41) is 3.29. The van der Waals surface area contributed by atoms with E-state index >= 15 is 0 Å². The van der Waals surface area contributed by atoms with Gasteiger partial charge in [0.2, 0.25) is 5.95 Å². The summed E-state index contributed by atoms with van der Waals surface area (Å²) in [5.41, 5.74) is 6.19. The summed E-state index contributed by atoms with van der Waals surface area (Å²) >= 11 is 0. The molecule has 0 aliphatic carbocycles. The van der Waals surface area contributed by atoms with Crippen LogP contribution in [0.5, 0.6) is 0 Å². The van der Waals surface area contributed by atoms with Gasteiger partial charge in [0.1, 0.15) is 0 Å². The van der Waals surface area contributed by atoms with Crippen LogP contribution in [0.1, 0.15) is 16.8 Å².